The van der Waals surface area contributed by atoms with Gasteiger partial charge in [-0.2, -0.15) is 0 Å². The molecule has 0 spiro atoms. The van der Waals surface area contributed by atoms with E-state index in [9.17, 15) is 9.18 Å². The predicted molar refractivity (Wildman–Crippen MR) is 82.3 cm³/mol. The number of carbonyl (C=O) groups excluding carboxylic acids is 1. The van der Waals surface area contributed by atoms with Gasteiger partial charge >= 0.3 is 5.97 Å². The number of benzene rings is 1. The van der Waals surface area contributed by atoms with Crippen molar-refractivity contribution in [3.8, 4) is 0 Å². The van der Waals surface area contributed by atoms with Gasteiger partial charge in [0.1, 0.15) is 5.82 Å². The summed E-state index contributed by atoms with van der Waals surface area (Å²) in [6.45, 7) is 2.51. The van der Waals surface area contributed by atoms with Gasteiger partial charge in [0.25, 0.3) is 0 Å². The predicted octanol–water partition coefficient (Wildman–Crippen LogP) is 4.18. The van der Waals surface area contributed by atoms with Crippen LogP contribution in [0, 0.1) is 5.82 Å². The number of carbonyl (C=O) groups is 1. The van der Waals surface area contributed by atoms with Gasteiger partial charge in [-0.1, -0.05) is 17.7 Å². The van der Waals surface area contributed by atoms with Gasteiger partial charge in [0.15, 0.2) is 0 Å². The summed E-state index contributed by atoms with van der Waals surface area (Å²) in [5, 5.41) is 3.29. The molecule has 1 aromatic carbocycles. The molecule has 2 rings (SSSR count). The van der Waals surface area contributed by atoms with Gasteiger partial charge in [0.2, 0.25) is 0 Å². The van der Waals surface area contributed by atoms with Crippen LogP contribution in [-0.4, -0.2) is 13.1 Å². The van der Waals surface area contributed by atoms with E-state index in [0.29, 0.717) is 6.54 Å². The molecule has 1 unspecified atom stereocenters. The average molecular weight is 328 g/mol. The molecule has 1 N–H and O–H groups in total. The molecule has 0 bridgehead atoms. The van der Waals surface area contributed by atoms with Crippen molar-refractivity contribution < 1.29 is 13.9 Å². The standard InChI is InChI=1S/C15H15ClFNO2S/c1-9(13-5-6-14(16)21-13)18-8-10-3-4-11(12(17)7-10)15(19)20-2/h3-7,9,18H,8H2,1-2H3. The number of esters is 1. The van der Waals surface area contributed by atoms with Crippen LogP contribution in [-0.2, 0) is 11.3 Å². The average Bonchev–Trinajstić information content (AvgIpc) is 2.90. The van der Waals surface area contributed by atoms with Crippen LogP contribution in [0.25, 0.3) is 0 Å². The molecular weight excluding hydrogens is 313 g/mol. The number of thiophene rings is 1. The maximum Gasteiger partial charge on any atom is 0.340 e. The highest BCUT2D eigenvalue weighted by Gasteiger charge is 2.13. The molecule has 0 saturated heterocycles. The van der Waals surface area contributed by atoms with Crippen LogP contribution in [0.15, 0.2) is 30.3 Å². The molecule has 0 radical (unpaired) electrons. The van der Waals surface area contributed by atoms with Gasteiger partial charge in [-0.25, -0.2) is 9.18 Å². The Hall–Kier alpha value is -1.43. The minimum atomic E-state index is -0.673. The summed E-state index contributed by atoms with van der Waals surface area (Å²) in [4.78, 5) is 12.4. The highest BCUT2D eigenvalue weighted by Crippen LogP contribution is 2.26. The lowest BCUT2D eigenvalue weighted by molar-refractivity contribution is 0.0595. The Balaban J connectivity index is 2.00. The van der Waals surface area contributed by atoms with Crippen molar-refractivity contribution in [2.45, 2.75) is 19.5 Å². The molecule has 0 aliphatic rings. The summed E-state index contributed by atoms with van der Waals surface area (Å²) in [5.74, 6) is -1.25. The van der Waals surface area contributed by atoms with E-state index in [0.717, 1.165) is 14.8 Å². The van der Waals surface area contributed by atoms with E-state index in [1.807, 2.05) is 19.1 Å². The van der Waals surface area contributed by atoms with Gasteiger partial charge in [-0.15, -0.1) is 11.3 Å². The minimum absolute atomic E-state index is 0.0562. The summed E-state index contributed by atoms with van der Waals surface area (Å²) in [5.41, 5.74) is 0.703. The van der Waals surface area contributed by atoms with Gasteiger partial charge in [0, 0.05) is 17.5 Å². The number of hydrogen-bond acceptors (Lipinski definition) is 4. The fourth-order valence-corrected chi connectivity index (χ4v) is 2.96. The molecular formula is C15H15ClFNO2S. The van der Waals surface area contributed by atoms with Crippen molar-refractivity contribution in [2.75, 3.05) is 7.11 Å². The third-order valence-electron chi connectivity index (χ3n) is 3.07. The van der Waals surface area contributed by atoms with E-state index < -0.39 is 11.8 Å². The number of ether oxygens (including phenoxy) is 1. The van der Waals surface area contributed by atoms with Crippen molar-refractivity contribution in [3.63, 3.8) is 0 Å². The van der Waals surface area contributed by atoms with Crippen LogP contribution in [0.2, 0.25) is 4.34 Å². The smallest absolute Gasteiger partial charge is 0.340 e. The molecule has 0 amide bonds. The molecule has 3 nitrogen and oxygen atoms in total. The van der Waals surface area contributed by atoms with Gasteiger partial charge < -0.3 is 10.1 Å². The molecule has 1 aromatic heterocycles. The lowest BCUT2D eigenvalue weighted by Crippen LogP contribution is -2.17. The van der Waals surface area contributed by atoms with Crippen LogP contribution < -0.4 is 5.32 Å². The van der Waals surface area contributed by atoms with Crippen LogP contribution in [0.3, 0.4) is 0 Å². The second-order valence-electron chi connectivity index (χ2n) is 4.55. The van der Waals surface area contributed by atoms with Crippen LogP contribution in [0.1, 0.15) is 33.8 Å². The summed E-state index contributed by atoms with van der Waals surface area (Å²) in [7, 11) is 1.23. The summed E-state index contributed by atoms with van der Waals surface area (Å²) < 4.78 is 19.0. The number of rotatable bonds is 5. The summed E-state index contributed by atoms with van der Waals surface area (Å²) in [6, 6.07) is 8.41. The largest absolute Gasteiger partial charge is 0.465 e. The second-order valence-corrected chi connectivity index (χ2v) is 6.30. The molecule has 112 valence electrons. The summed E-state index contributed by atoms with van der Waals surface area (Å²) in [6.07, 6.45) is 0. The highest BCUT2D eigenvalue weighted by molar-refractivity contribution is 7.16. The maximum atomic E-state index is 13.8. The highest BCUT2D eigenvalue weighted by atomic mass is 35.5. The zero-order valence-electron chi connectivity index (χ0n) is 11.7. The Labute approximate surface area is 131 Å². The number of halogens is 2. The molecule has 0 aliphatic carbocycles. The van der Waals surface area contributed by atoms with Crippen LogP contribution >= 0.6 is 22.9 Å². The van der Waals surface area contributed by atoms with Gasteiger partial charge in [0.05, 0.1) is 17.0 Å². The van der Waals surface area contributed by atoms with Crippen molar-refractivity contribution in [3.05, 3.63) is 56.5 Å². The first-order valence-corrected chi connectivity index (χ1v) is 7.56. The van der Waals surface area contributed by atoms with Crippen molar-refractivity contribution in [1.29, 1.82) is 0 Å². The lowest BCUT2D eigenvalue weighted by Gasteiger charge is -2.12. The van der Waals surface area contributed by atoms with E-state index in [2.05, 4.69) is 10.1 Å². The zero-order valence-corrected chi connectivity index (χ0v) is 13.2. The Kier molecular flexibility index (Phi) is 5.33. The first-order valence-electron chi connectivity index (χ1n) is 6.36. The number of methoxy groups -OCH3 is 1. The Morgan fingerprint density at radius 2 is 2.19 bits per heavy atom. The molecule has 0 fully saturated rings. The molecule has 0 saturated carbocycles. The first kappa shape index (κ1) is 15.9. The quantitative estimate of drug-likeness (QED) is 0.837. The number of nitrogens with one attached hydrogen (secondary N) is 1. The van der Waals surface area contributed by atoms with E-state index in [1.54, 1.807) is 6.07 Å². The fraction of sp³-hybridized carbons (Fsp3) is 0.267. The zero-order chi connectivity index (χ0) is 15.4. The maximum absolute atomic E-state index is 13.8. The molecule has 2 aromatic rings. The molecule has 1 heterocycles. The SMILES string of the molecule is COC(=O)c1ccc(CNC(C)c2ccc(Cl)s2)cc1F. The van der Waals surface area contributed by atoms with Gasteiger partial charge in [-0.3, -0.25) is 0 Å². The molecule has 6 heteroatoms. The Morgan fingerprint density at radius 3 is 2.76 bits per heavy atom. The summed E-state index contributed by atoms with van der Waals surface area (Å²) >= 11 is 7.41. The first-order chi connectivity index (χ1) is 10.0. The van der Waals surface area contributed by atoms with Crippen LogP contribution in [0.4, 0.5) is 4.39 Å². The second kappa shape index (κ2) is 7.02. The molecule has 0 aliphatic heterocycles. The van der Waals surface area contributed by atoms with Crippen molar-refractivity contribution in [1.82, 2.24) is 5.32 Å². The Morgan fingerprint density at radius 1 is 1.43 bits per heavy atom. The van der Waals surface area contributed by atoms with Crippen molar-refractivity contribution >= 4 is 28.9 Å². The normalized spacial score (nSPS) is 12.2. The lowest BCUT2D eigenvalue weighted by atomic mass is 10.1. The third kappa shape index (κ3) is 4.03. The van der Waals surface area contributed by atoms with E-state index >= 15 is 0 Å². The fourth-order valence-electron chi connectivity index (χ4n) is 1.88. The van der Waals surface area contributed by atoms with Crippen molar-refractivity contribution in [2.24, 2.45) is 0 Å². The van der Waals surface area contributed by atoms with Gasteiger partial charge in [-0.05, 0) is 36.8 Å². The monoisotopic (exact) mass is 327 g/mol. The minimum Gasteiger partial charge on any atom is -0.465 e. The van der Waals surface area contributed by atoms with E-state index in [4.69, 9.17) is 11.6 Å². The molecule has 21 heavy (non-hydrogen) atoms. The number of hydrogen-bond donors (Lipinski definition) is 1. The van der Waals surface area contributed by atoms with E-state index in [1.165, 1.54) is 30.6 Å². The van der Waals surface area contributed by atoms with Crippen LogP contribution in [0.5, 0.6) is 0 Å². The third-order valence-corrected chi connectivity index (χ3v) is 4.49. The van der Waals surface area contributed by atoms with E-state index in [-0.39, 0.29) is 11.6 Å². The molecule has 1 atom stereocenters. The topological polar surface area (TPSA) is 38.3 Å². The Bertz CT molecular complexity index is 644.